The van der Waals surface area contributed by atoms with Gasteiger partial charge in [0.25, 0.3) is 0 Å². The van der Waals surface area contributed by atoms with Gasteiger partial charge in [0, 0.05) is 12.2 Å². The number of rotatable bonds is 4. The van der Waals surface area contributed by atoms with Crippen LogP contribution >= 0.6 is 12.4 Å². The van der Waals surface area contributed by atoms with Gasteiger partial charge in [-0.2, -0.15) is 0 Å². The Hall–Kier alpha value is -2.37. The summed E-state index contributed by atoms with van der Waals surface area (Å²) >= 11 is 0. The van der Waals surface area contributed by atoms with Crippen molar-refractivity contribution in [3.63, 3.8) is 0 Å². The van der Waals surface area contributed by atoms with Crippen LogP contribution < -0.4 is 16.0 Å². The van der Waals surface area contributed by atoms with Crippen LogP contribution in [0.5, 0.6) is 0 Å². The van der Waals surface area contributed by atoms with Crippen LogP contribution in [0.1, 0.15) is 24.5 Å². The lowest BCUT2D eigenvalue weighted by Crippen LogP contribution is -2.52. The lowest BCUT2D eigenvalue weighted by Gasteiger charge is -2.30. The molecule has 0 aromatic heterocycles. The quantitative estimate of drug-likeness (QED) is 0.863. The molecule has 1 heterocycles. The van der Waals surface area contributed by atoms with Gasteiger partial charge in [-0.05, 0) is 37.0 Å². The molecule has 3 N–H and O–H groups in total. The number of carbonyl (C=O) groups is 2. The zero-order valence-electron chi connectivity index (χ0n) is 14.8. The summed E-state index contributed by atoms with van der Waals surface area (Å²) < 4.78 is 0. The average Bonchev–Trinajstić information content (AvgIpc) is 2.66. The fraction of sp³-hybridized carbons (Fsp3) is 0.300. The fourth-order valence-electron chi connectivity index (χ4n) is 3.14. The minimum atomic E-state index is -1.18. The lowest BCUT2D eigenvalue weighted by molar-refractivity contribution is -0.128. The summed E-state index contributed by atoms with van der Waals surface area (Å²) in [5, 5.41) is 2.69. The van der Waals surface area contributed by atoms with Crippen molar-refractivity contribution in [3.05, 3.63) is 65.7 Å². The lowest BCUT2D eigenvalue weighted by atomic mass is 9.92. The number of amides is 2. The molecule has 0 fully saturated rings. The summed E-state index contributed by atoms with van der Waals surface area (Å²) in [4.78, 5) is 26.8. The number of nitrogens with two attached hydrogens (primary N) is 1. The molecule has 1 unspecified atom stereocenters. The predicted molar refractivity (Wildman–Crippen MR) is 105 cm³/mol. The van der Waals surface area contributed by atoms with Gasteiger partial charge < -0.3 is 16.0 Å². The van der Waals surface area contributed by atoms with Crippen molar-refractivity contribution in [2.24, 2.45) is 5.73 Å². The molecule has 0 bridgehead atoms. The molecular weight excluding hydrogens is 350 g/mol. The first-order chi connectivity index (χ1) is 12.0. The van der Waals surface area contributed by atoms with E-state index in [1.165, 1.54) is 5.56 Å². The van der Waals surface area contributed by atoms with Crippen LogP contribution in [0.3, 0.4) is 0 Å². The molecule has 1 aliphatic heterocycles. The van der Waals surface area contributed by atoms with Crippen LogP contribution in [0, 0.1) is 0 Å². The molecule has 5 nitrogen and oxygen atoms in total. The first-order valence-electron chi connectivity index (χ1n) is 8.51. The van der Waals surface area contributed by atoms with E-state index in [-0.39, 0.29) is 30.8 Å². The molecule has 2 aromatic carbocycles. The Labute approximate surface area is 160 Å². The Bertz CT molecular complexity index is 778. The van der Waals surface area contributed by atoms with Crippen molar-refractivity contribution < 1.29 is 9.59 Å². The number of carbonyl (C=O) groups excluding carboxylic acids is 2. The fourth-order valence-corrected chi connectivity index (χ4v) is 3.14. The molecule has 1 atom stereocenters. The zero-order chi connectivity index (χ0) is 17.9. The van der Waals surface area contributed by atoms with Gasteiger partial charge >= 0.3 is 0 Å². The predicted octanol–water partition coefficient (Wildman–Crippen LogP) is 2.38. The van der Waals surface area contributed by atoms with E-state index in [4.69, 9.17) is 5.73 Å². The first kappa shape index (κ1) is 19.9. The standard InChI is InChI=1S/C20H23N3O2.ClH/c1-20(21,16-10-3-2-4-11-16)19(25)22-14-18(24)23-13-7-9-15-8-5-6-12-17(15)23;/h2-6,8,10-12H,7,9,13-14,21H2,1H3,(H,22,25);1H. The summed E-state index contributed by atoms with van der Waals surface area (Å²) in [5.74, 6) is -0.485. The largest absolute Gasteiger partial charge is 0.345 e. The average molecular weight is 374 g/mol. The third-order valence-electron chi connectivity index (χ3n) is 4.66. The van der Waals surface area contributed by atoms with Gasteiger partial charge in [0.1, 0.15) is 5.54 Å². The molecule has 0 radical (unpaired) electrons. The van der Waals surface area contributed by atoms with E-state index in [1.54, 1.807) is 11.8 Å². The highest BCUT2D eigenvalue weighted by Crippen LogP contribution is 2.26. The number of hydrogen-bond acceptors (Lipinski definition) is 3. The van der Waals surface area contributed by atoms with Gasteiger partial charge in [0.2, 0.25) is 11.8 Å². The van der Waals surface area contributed by atoms with Gasteiger partial charge in [-0.3, -0.25) is 9.59 Å². The molecule has 138 valence electrons. The van der Waals surface area contributed by atoms with Gasteiger partial charge in [-0.25, -0.2) is 0 Å². The van der Waals surface area contributed by atoms with Crippen LogP contribution in [0.15, 0.2) is 54.6 Å². The van der Waals surface area contributed by atoms with Crippen LogP contribution in [0.25, 0.3) is 0 Å². The molecule has 0 aliphatic carbocycles. The summed E-state index contributed by atoms with van der Waals surface area (Å²) in [7, 11) is 0. The monoisotopic (exact) mass is 373 g/mol. The maximum atomic E-state index is 12.6. The van der Waals surface area contributed by atoms with Gasteiger partial charge in [0.15, 0.2) is 0 Å². The van der Waals surface area contributed by atoms with Crippen molar-refractivity contribution in [1.29, 1.82) is 0 Å². The number of halogens is 1. The highest BCUT2D eigenvalue weighted by atomic mass is 35.5. The second-order valence-corrected chi connectivity index (χ2v) is 6.53. The molecule has 1 aliphatic rings. The highest BCUT2D eigenvalue weighted by molar-refractivity contribution is 5.98. The molecule has 0 saturated carbocycles. The molecule has 3 rings (SSSR count). The maximum Gasteiger partial charge on any atom is 0.246 e. The topological polar surface area (TPSA) is 75.4 Å². The molecule has 0 saturated heterocycles. The smallest absolute Gasteiger partial charge is 0.246 e. The summed E-state index contributed by atoms with van der Waals surface area (Å²) in [6.45, 7) is 2.26. The number of benzene rings is 2. The molecule has 0 spiro atoms. The number of hydrogen-bond donors (Lipinski definition) is 2. The van der Waals surface area contributed by atoms with Crippen LogP contribution in [-0.4, -0.2) is 24.9 Å². The van der Waals surface area contributed by atoms with E-state index in [9.17, 15) is 9.59 Å². The Balaban J connectivity index is 0.00000243. The molecule has 6 heteroatoms. The SMILES string of the molecule is CC(N)(C(=O)NCC(=O)N1CCCc2ccccc21)c1ccccc1.Cl. The molecule has 2 amide bonds. The van der Waals surface area contributed by atoms with Crippen LogP contribution in [0.4, 0.5) is 5.69 Å². The van der Waals surface area contributed by atoms with Crippen molar-refractivity contribution >= 4 is 29.9 Å². The van der Waals surface area contributed by atoms with Gasteiger partial charge in [0.05, 0.1) is 6.54 Å². The molecular formula is C20H24ClN3O2. The number of nitrogens with zero attached hydrogens (tertiary/aromatic N) is 1. The normalized spacial score (nSPS) is 15.2. The van der Waals surface area contributed by atoms with E-state index >= 15 is 0 Å². The Morgan fingerprint density at radius 3 is 2.50 bits per heavy atom. The van der Waals surface area contributed by atoms with E-state index in [0.717, 1.165) is 18.5 Å². The second kappa shape index (κ2) is 8.34. The van der Waals surface area contributed by atoms with Gasteiger partial charge in [-0.1, -0.05) is 48.5 Å². The van der Waals surface area contributed by atoms with Crippen LogP contribution in [-0.2, 0) is 21.5 Å². The van der Waals surface area contributed by atoms with Crippen LogP contribution in [0.2, 0.25) is 0 Å². The zero-order valence-corrected chi connectivity index (χ0v) is 15.6. The van der Waals surface area contributed by atoms with Crippen molar-refractivity contribution in [2.75, 3.05) is 18.0 Å². The first-order valence-corrected chi connectivity index (χ1v) is 8.51. The number of nitrogens with one attached hydrogen (secondary N) is 1. The van der Waals surface area contributed by atoms with E-state index < -0.39 is 5.54 Å². The van der Waals surface area contributed by atoms with E-state index in [0.29, 0.717) is 12.1 Å². The van der Waals surface area contributed by atoms with E-state index in [2.05, 4.69) is 5.32 Å². The highest BCUT2D eigenvalue weighted by Gasteiger charge is 2.31. The van der Waals surface area contributed by atoms with Crippen molar-refractivity contribution in [2.45, 2.75) is 25.3 Å². The maximum absolute atomic E-state index is 12.6. The summed E-state index contributed by atoms with van der Waals surface area (Å²) in [6.07, 6.45) is 1.90. The Kier molecular flexibility index (Phi) is 6.40. The minimum absolute atomic E-state index is 0. The van der Waals surface area contributed by atoms with Crippen molar-refractivity contribution in [1.82, 2.24) is 5.32 Å². The third-order valence-corrected chi connectivity index (χ3v) is 4.66. The van der Waals surface area contributed by atoms with Gasteiger partial charge in [-0.15, -0.1) is 12.4 Å². The number of aryl methyl sites for hydroxylation is 1. The number of fused-ring (bicyclic) bond motifs is 1. The number of anilines is 1. The second-order valence-electron chi connectivity index (χ2n) is 6.53. The van der Waals surface area contributed by atoms with E-state index in [1.807, 2.05) is 54.6 Å². The number of para-hydroxylation sites is 1. The Morgan fingerprint density at radius 2 is 1.77 bits per heavy atom. The molecule has 26 heavy (non-hydrogen) atoms. The third kappa shape index (κ3) is 4.06. The summed E-state index contributed by atoms with van der Waals surface area (Å²) in [6, 6.07) is 17.1. The Morgan fingerprint density at radius 1 is 1.12 bits per heavy atom. The minimum Gasteiger partial charge on any atom is -0.345 e. The summed E-state index contributed by atoms with van der Waals surface area (Å²) in [5.41, 5.74) is 7.82. The molecule has 2 aromatic rings. The van der Waals surface area contributed by atoms with Crippen molar-refractivity contribution in [3.8, 4) is 0 Å².